The highest BCUT2D eigenvalue weighted by atomic mass is 16.2. The number of rotatable bonds is 2. The molecule has 2 rings (SSSR count). The number of aromatic nitrogens is 4. The molecule has 0 fully saturated rings. The zero-order valence-electron chi connectivity index (χ0n) is 8.08. The van der Waals surface area contributed by atoms with Crippen molar-refractivity contribution in [2.24, 2.45) is 0 Å². The minimum Gasteiger partial charge on any atom is -0.293 e. The summed E-state index contributed by atoms with van der Waals surface area (Å²) in [6, 6.07) is 5.34. The molecule has 1 amide bonds. The molecule has 0 aromatic carbocycles. The van der Waals surface area contributed by atoms with E-state index in [9.17, 15) is 4.79 Å². The van der Waals surface area contributed by atoms with Crippen molar-refractivity contribution in [1.82, 2.24) is 20.2 Å². The molecule has 6 nitrogen and oxygen atoms in total. The number of pyridine rings is 1. The van der Waals surface area contributed by atoms with Crippen LogP contribution in [-0.2, 0) is 0 Å². The predicted octanol–water partition coefficient (Wildman–Crippen LogP) is 0.476. The lowest BCUT2D eigenvalue weighted by Gasteiger charge is -2.13. The van der Waals surface area contributed by atoms with Crippen molar-refractivity contribution >= 4 is 11.7 Å². The molecule has 0 radical (unpaired) electrons. The smallest absolute Gasteiger partial charge is 0.293 e. The van der Waals surface area contributed by atoms with Gasteiger partial charge < -0.3 is 0 Å². The van der Waals surface area contributed by atoms with Crippen molar-refractivity contribution < 1.29 is 4.79 Å². The van der Waals surface area contributed by atoms with Gasteiger partial charge in [0.1, 0.15) is 12.1 Å². The fourth-order valence-corrected chi connectivity index (χ4v) is 1.12. The van der Waals surface area contributed by atoms with E-state index in [-0.39, 0.29) is 11.7 Å². The van der Waals surface area contributed by atoms with Gasteiger partial charge in [-0.15, -0.1) is 0 Å². The standard InChI is InChI=1S/C9H9N5O/c1-14(7-4-2-3-5-10-7)9(15)8-11-6-12-13-8/h2-6H,1H3,(H,11,12,13). The second-order valence-corrected chi connectivity index (χ2v) is 2.89. The van der Waals surface area contributed by atoms with Gasteiger partial charge in [-0.05, 0) is 12.1 Å². The summed E-state index contributed by atoms with van der Waals surface area (Å²) in [7, 11) is 1.63. The molecule has 0 aliphatic rings. The second kappa shape index (κ2) is 3.87. The van der Waals surface area contributed by atoms with E-state index in [2.05, 4.69) is 20.2 Å². The molecule has 2 aromatic heterocycles. The number of nitrogens with one attached hydrogen (secondary N) is 1. The Morgan fingerprint density at radius 3 is 2.87 bits per heavy atom. The monoisotopic (exact) mass is 203 g/mol. The van der Waals surface area contributed by atoms with E-state index in [1.54, 1.807) is 25.4 Å². The van der Waals surface area contributed by atoms with Crippen LogP contribution in [0.3, 0.4) is 0 Å². The van der Waals surface area contributed by atoms with Gasteiger partial charge in [-0.1, -0.05) is 6.07 Å². The van der Waals surface area contributed by atoms with Crippen molar-refractivity contribution in [1.29, 1.82) is 0 Å². The summed E-state index contributed by atoms with van der Waals surface area (Å²) in [5.74, 6) is 0.494. The highest BCUT2D eigenvalue weighted by Gasteiger charge is 2.16. The Morgan fingerprint density at radius 2 is 2.27 bits per heavy atom. The number of hydrogen-bond donors (Lipinski definition) is 1. The van der Waals surface area contributed by atoms with E-state index in [0.717, 1.165) is 0 Å². The molecule has 76 valence electrons. The van der Waals surface area contributed by atoms with Crippen molar-refractivity contribution in [3.05, 3.63) is 36.5 Å². The first-order valence-corrected chi connectivity index (χ1v) is 4.33. The molecule has 0 aliphatic heterocycles. The van der Waals surface area contributed by atoms with Crippen molar-refractivity contribution in [2.75, 3.05) is 11.9 Å². The van der Waals surface area contributed by atoms with E-state index in [1.165, 1.54) is 11.2 Å². The Labute approximate surface area is 86.0 Å². The van der Waals surface area contributed by atoms with Gasteiger partial charge in [0.2, 0.25) is 5.82 Å². The molecule has 0 bridgehead atoms. The third-order valence-corrected chi connectivity index (χ3v) is 1.92. The van der Waals surface area contributed by atoms with Crippen molar-refractivity contribution in [3.8, 4) is 0 Å². The SMILES string of the molecule is CN(C(=O)c1ncn[nH]1)c1ccccn1. The van der Waals surface area contributed by atoms with E-state index in [1.807, 2.05) is 6.07 Å². The molecule has 1 N–H and O–H groups in total. The van der Waals surface area contributed by atoms with E-state index < -0.39 is 0 Å². The zero-order chi connectivity index (χ0) is 10.7. The molecule has 6 heteroatoms. The van der Waals surface area contributed by atoms with Gasteiger partial charge in [0.05, 0.1) is 0 Å². The summed E-state index contributed by atoms with van der Waals surface area (Å²) < 4.78 is 0. The van der Waals surface area contributed by atoms with Crippen LogP contribution in [0, 0.1) is 0 Å². The largest absolute Gasteiger partial charge is 0.296 e. The normalized spacial score (nSPS) is 9.93. The lowest BCUT2D eigenvalue weighted by Crippen LogP contribution is -2.28. The maximum Gasteiger partial charge on any atom is 0.296 e. The quantitative estimate of drug-likeness (QED) is 0.770. The Bertz CT molecular complexity index is 439. The van der Waals surface area contributed by atoms with Gasteiger partial charge in [-0.3, -0.25) is 14.8 Å². The number of anilines is 1. The fraction of sp³-hybridized carbons (Fsp3) is 0.111. The van der Waals surface area contributed by atoms with Crippen LogP contribution in [0.1, 0.15) is 10.6 Å². The topological polar surface area (TPSA) is 74.8 Å². The number of carbonyl (C=O) groups is 1. The Balaban J connectivity index is 2.23. The van der Waals surface area contributed by atoms with Gasteiger partial charge in [-0.25, -0.2) is 9.97 Å². The van der Waals surface area contributed by atoms with Crippen LogP contribution in [-0.4, -0.2) is 33.1 Å². The molecule has 0 atom stereocenters. The predicted molar refractivity (Wildman–Crippen MR) is 53.4 cm³/mol. The molecular weight excluding hydrogens is 194 g/mol. The first-order valence-electron chi connectivity index (χ1n) is 4.33. The molecule has 0 saturated carbocycles. The molecule has 0 spiro atoms. The molecule has 0 saturated heterocycles. The highest BCUT2D eigenvalue weighted by Crippen LogP contribution is 2.08. The summed E-state index contributed by atoms with van der Waals surface area (Å²) in [6.07, 6.45) is 2.92. The van der Waals surface area contributed by atoms with Crippen molar-refractivity contribution in [2.45, 2.75) is 0 Å². The van der Waals surface area contributed by atoms with Crippen LogP contribution < -0.4 is 4.90 Å². The maximum absolute atomic E-state index is 11.8. The molecule has 2 heterocycles. The Hall–Kier alpha value is -2.24. The van der Waals surface area contributed by atoms with E-state index >= 15 is 0 Å². The minimum atomic E-state index is -0.272. The Kier molecular flexibility index (Phi) is 2.40. The molecule has 2 aromatic rings. The van der Waals surface area contributed by atoms with Crippen LogP contribution >= 0.6 is 0 Å². The Morgan fingerprint density at radius 1 is 1.40 bits per heavy atom. The van der Waals surface area contributed by atoms with Gasteiger partial charge >= 0.3 is 0 Å². The number of H-pyrrole nitrogens is 1. The van der Waals surface area contributed by atoms with Crippen LogP contribution in [0.15, 0.2) is 30.7 Å². The average Bonchev–Trinajstić information content (AvgIpc) is 2.82. The van der Waals surface area contributed by atoms with Gasteiger partial charge in [-0.2, -0.15) is 5.10 Å². The third-order valence-electron chi connectivity index (χ3n) is 1.92. The summed E-state index contributed by atoms with van der Waals surface area (Å²) in [5.41, 5.74) is 0. The molecule has 0 unspecified atom stereocenters. The zero-order valence-corrected chi connectivity index (χ0v) is 8.08. The summed E-state index contributed by atoms with van der Waals surface area (Å²) >= 11 is 0. The number of amides is 1. The van der Waals surface area contributed by atoms with Crippen LogP contribution in [0.4, 0.5) is 5.82 Å². The third kappa shape index (κ3) is 1.83. The minimum absolute atomic E-state index is 0.197. The summed E-state index contributed by atoms with van der Waals surface area (Å²) in [6.45, 7) is 0. The second-order valence-electron chi connectivity index (χ2n) is 2.89. The van der Waals surface area contributed by atoms with Gasteiger partial charge in [0.25, 0.3) is 5.91 Å². The highest BCUT2D eigenvalue weighted by molar-refractivity contribution is 6.02. The summed E-state index contributed by atoms with van der Waals surface area (Å²) in [5, 5.41) is 6.12. The van der Waals surface area contributed by atoms with Crippen LogP contribution in [0.25, 0.3) is 0 Å². The lowest BCUT2D eigenvalue weighted by molar-refractivity contribution is 0.0983. The van der Waals surface area contributed by atoms with Crippen molar-refractivity contribution in [3.63, 3.8) is 0 Å². The summed E-state index contributed by atoms with van der Waals surface area (Å²) in [4.78, 5) is 21.0. The average molecular weight is 203 g/mol. The maximum atomic E-state index is 11.8. The van der Waals surface area contributed by atoms with E-state index in [4.69, 9.17) is 0 Å². The molecule has 15 heavy (non-hydrogen) atoms. The first-order chi connectivity index (χ1) is 7.29. The van der Waals surface area contributed by atoms with Gasteiger partial charge in [0, 0.05) is 13.2 Å². The van der Waals surface area contributed by atoms with Gasteiger partial charge in [0.15, 0.2) is 0 Å². The van der Waals surface area contributed by atoms with Crippen LogP contribution in [0.5, 0.6) is 0 Å². The first kappa shape index (κ1) is 9.32. The molecule has 0 aliphatic carbocycles. The van der Waals surface area contributed by atoms with E-state index in [0.29, 0.717) is 5.82 Å². The number of aromatic amines is 1. The number of carbonyl (C=O) groups excluding carboxylic acids is 1. The number of nitrogens with zero attached hydrogens (tertiary/aromatic N) is 4. The number of hydrogen-bond acceptors (Lipinski definition) is 4. The van der Waals surface area contributed by atoms with Crippen LogP contribution in [0.2, 0.25) is 0 Å². The fourth-order valence-electron chi connectivity index (χ4n) is 1.12. The lowest BCUT2D eigenvalue weighted by atomic mass is 10.4. The molecular formula is C9H9N5O.